The van der Waals surface area contributed by atoms with E-state index in [4.69, 9.17) is 23.8 Å². The smallest absolute Gasteiger partial charge is 0.266 e. The van der Waals surface area contributed by atoms with Crippen LogP contribution in [0.3, 0.4) is 0 Å². The van der Waals surface area contributed by atoms with E-state index in [-0.39, 0.29) is 11.8 Å². The molecule has 144 valence electrons. The Balaban J connectivity index is 1.52. The molecule has 3 rings (SSSR count). The molecule has 0 bridgehead atoms. The van der Waals surface area contributed by atoms with Crippen molar-refractivity contribution in [2.24, 2.45) is 0 Å². The van der Waals surface area contributed by atoms with Crippen molar-refractivity contribution in [1.82, 2.24) is 4.90 Å². The molecule has 2 aromatic rings. The molecule has 1 heterocycles. The fourth-order valence-electron chi connectivity index (χ4n) is 2.66. The minimum atomic E-state index is -0.108. The number of amides is 2. The van der Waals surface area contributed by atoms with Crippen LogP contribution in [0.2, 0.25) is 5.02 Å². The summed E-state index contributed by atoms with van der Waals surface area (Å²) in [6.07, 6.45) is 2.69. The van der Waals surface area contributed by atoms with Gasteiger partial charge < -0.3 is 5.32 Å². The molecule has 2 amide bonds. The summed E-state index contributed by atoms with van der Waals surface area (Å²) in [5.74, 6) is -0.211. The van der Waals surface area contributed by atoms with Gasteiger partial charge in [-0.3, -0.25) is 14.5 Å². The first kappa shape index (κ1) is 20.6. The number of thioether (sulfide) groups is 1. The third-order valence-corrected chi connectivity index (χ3v) is 5.79. The van der Waals surface area contributed by atoms with E-state index in [2.05, 4.69) is 5.32 Å². The third-order valence-electron chi connectivity index (χ3n) is 4.16. The molecule has 1 fully saturated rings. The Bertz CT molecular complexity index is 924. The van der Waals surface area contributed by atoms with E-state index in [1.54, 1.807) is 29.2 Å². The van der Waals surface area contributed by atoms with Crippen molar-refractivity contribution in [3.05, 3.63) is 69.6 Å². The number of nitrogens with zero attached hydrogens (tertiary/aromatic N) is 1. The normalized spacial score (nSPS) is 15.4. The van der Waals surface area contributed by atoms with Gasteiger partial charge in [-0.05, 0) is 49.2 Å². The molecule has 2 aromatic carbocycles. The van der Waals surface area contributed by atoms with Gasteiger partial charge in [0.2, 0.25) is 5.91 Å². The Morgan fingerprint density at radius 3 is 2.54 bits per heavy atom. The molecule has 0 aromatic heterocycles. The van der Waals surface area contributed by atoms with Crippen LogP contribution in [0.15, 0.2) is 53.4 Å². The van der Waals surface area contributed by atoms with E-state index in [1.165, 1.54) is 17.3 Å². The zero-order valence-electron chi connectivity index (χ0n) is 15.3. The van der Waals surface area contributed by atoms with Gasteiger partial charge in [0.25, 0.3) is 5.91 Å². The van der Waals surface area contributed by atoms with Gasteiger partial charge in [0.05, 0.1) is 4.91 Å². The maximum Gasteiger partial charge on any atom is 0.266 e. The molecule has 0 radical (unpaired) electrons. The number of nitrogens with one attached hydrogen (secondary N) is 1. The predicted molar refractivity (Wildman–Crippen MR) is 120 cm³/mol. The van der Waals surface area contributed by atoms with E-state index in [1.807, 2.05) is 37.3 Å². The quantitative estimate of drug-likeness (QED) is 0.501. The predicted octanol–water partition coefficient (Wildman–Crippen LogP) is 5.27. The SMILES string of the molecule is Cc1ccc(/C=C2\SC(=S)N(CCCC(=O)Nc3ccc(Cl)cc3)C2=O)cc1. The highest BCUT2D eigenvalue weighted by molar-refractivity contribution is 8.26. The van der Waals surface area contributed by atoms with Gasteiger partial charge in [-0.25, -0.2) is 0 Å². The number of benzene rings is 2. The maximum absolute atomic E-state index is 12.6. The fraction of sp³-hybridized carbons (Fsp3) is 0.190. The number of hydrogen-bond acceptors (Lipinski definition) is 4. The fourth-order valence-corrected chi connectivity index (χ4v) is 4.10. The number of hydrogen-bond donors (Lipinski definition) is 1. The van der Waals surface area contributed by atoms with Crippen molar-refractivity contribution in [3.8, 4) is 0 Å². The van der Waals surface area contributed by atoms with Crippen LogP contribution >= 0.6 is 35.6 Å². The van der Waals surface area contributed by atoms with Crippen LogP contribution in [-0.4, -0.2) is 27.6 Å². The summed E-state index contributed by atoms with van der Waals surface area (Å²) in [5, 5.41) is 3.43. The molecular weight excluding hydrogens is 412 g/mol. The van der Waals surface area contributed by atoms with Crippen molar-refractivity contribution in [2.45, 2.75) is 19.8 Å². The number of rotatable bonds is 6. The summed E-state index contributed by atoms with van der Waals surface area (Å²) in [4.78, 5) is 26.9. The number of aryl methyl sites for hydroxylation is 1. The van der Waals surface area contributed by atoms with Crippen LogP contribution in [0, 0.1) is 6.92 Å². The highest BCUT2D eigenvalue weighted by Crippen LogP contribution is 2.32. The maximum atomic E-state index is 12.6. The standard InChI is InChI=1S/C21H19ClN2O2S2/c1-14-4-6-15(7-5-14)13-18-20(26)24(21(27)28-18)12-2-3-19(25)23-17-10-8-16(22)9-11-17/h4-11,13H,2-3,12H2,1H3,(H,23,25)/b18-13-. The van der Waals surface area contributed by atoms with E-state index < -0.39 is 0 Å². The highest BCUT2D eigenvalue weighted by Gasteiger charge is 2.31. The minimum Gasteiger partial charge on any atom is -0.326 e. The van der Waals surface area contributed by atoms with Crippen molar-refractivity contribution in [1.29, 1.82) is 0 Å². The van der Waals surface area contributed by atoms with Crippen LogP contribution in [0.5, 0.6) is 0 Å². The molecule has 7 heteroatoms. The minimum absolute atomic E-state index is 0.103. The molecule has 0 saturated carbocycles. The second-order valence-electron chi connectivity index (χ2n) is 6.40. The average molecular weight is 431 g/mol. The Kier molecular flexibility index (Phi) is 6.88. The highest BCUT2D eigenvalue weighted by atomic mass is 35.5. The number of thiocarbonyl (C=S) groups is 1. The van der Waals surface area contributed by atoms with Crippen LogP contribution in [0.4, 0.5) is 5.69 Å². The summed E-state index contributed by atoms with van der Waals surface area (Å²) >= 11 is 12.5. The topological polar surface area (TPSA) is 49.4 Å². The van der Waals surface area contributed by atoms with Gasteiger partial charge in [-0.1, -0.05) is 65.4 Å². The first-order chi connectivity index (χ1) is 13.4. The Morgan fingerprint density at radius 2 is 1.86 bits per heavy atom. The van der Waals surface area contributed by atoms with E-state index in [0.717, 1.165) is 5.56 Å². The lowest BCUT2D eigenvalue weighted by molar-refractivity contribution is -0.122. The molecule has 1 N–H and O–H groups in total. The van der Waals surface area contributed by atoms with Crippen LogP contribution in [-0.2, 0) is 9.59 Å². The van der Waals surface area contributed by atoms with Crippen LogP contribution < -0.4 is 5.32 Å². The number of halogens is 1. The summed E-state index contributed by atoms with van der Waals surface area (Å²) in [6.45, 7) is 2.44. The van der Waals surface area contributed by atoms with Gasteiger partial charge in [0, 0.05) is 23.7 Å². The van der Waals surface area contributed by atoms with Crippen molar-refractivity contribution < 1.29 is 9.59 Å². The van der Waals surface area contributed by atoms with Gasteiger partial charge in [0.15, 0.2) is 0 Å². The largest absolute Gasteiger partial charge is 0.326 e. The van der Waals surface area contributed by atoms with Gasteiger partial charge in [0.1, 0.15) is 4.32 Å². The number of carbonyl (C=O) groups is 2. The van der Waals surface area contributed by atoms with Crippen molar-refractivity contribution >= 4 is 63.5 Å². The summed E-state index contributed by atoms with van der Waals surface area (Å²) in [7, 11) is 0. The van der Waals surface area contributed by atoms with E-state index in [9.17, 15) is 9.59 Å². The first-order valence-electron chi connectivity index (χ1n) is 8.80. The average Bonchev–Trinajstić information content (AvgIpc) is 2.93. The Morgan fingerprint density at radius 1 is 1.18 bits per heavy atom. The summed E-state index contributed by atoms with van der Waals surface area (Å²) < 4.78 is 0.529. The Labute approximate surface area is 178 Å². The lowest BCUT2D eigenvalue weighted by atomic mass is 10.1. The van der Waals surface area contributed by atoms with E-state index >= 15 is 0 Å². The van der Waals surface area contributed by atoms with Gasteiger partial charge >= 0.3 is 0 Å². The van der Waals surface area contributed by atoms with Gasteiger partial charge in [-0.15, -0.1) is 0 Å². The molecule has 0 atom stereocenters. The number of anilines is 1. The lowest BCUT2D eigenvalue weighted by Gasteiger charge is -2.14. The molecule has 1 aliphatic heterocycles. The second kappa shape index (κ2) is 9.37. The lowest BCUT2D eigenvalue weighted by Crippen LogP contribution is -2.29. The molecule has 4 nitrogen and oxygen atoms in total. The van der Waals surface area contributed by atoms with Crippen molar-refractivity contribution in [2.75, 3.05) is 11.9 Å². The summed E-state index contributed by atoms with van der Waals surface area (Å²) in [5.41, 5.74) is 2.83. The van der Waals surface area contributed by atoms with Crippen LogP contribution in [0.1, 0.15) is 24.0 Å². The summed E-state index contributed by atoms with van der Waals surface area (Å²) in [6, 6.07) is 14.9. The van der Waals surface area contributed by atoms with Crippen molar-refractivity contribution in [3.63, 3.8) is 0 Å². The molecule has 0 aliphatic carbocycles. The van der Waals surface area contributed by atoms with E-state index in [0.29, 0.717) is 39.3 Å². The van der Waals surface area contributed by atoms with Gasteiger partial charge in [-0.2, -0.15) is 0 Å². The third kappa shape index (κ3) is 5.44. The Hall–Kier alpha value is -2.15. The second-order valence-corrected chi connectivity index (χ2v) is 8.51. The zero-order valence-corrected chi connectivity index (χ0v) is 17.7. The molecule has 0 spiro atoms. The zero-order chi connectivity index (χ0) is 20.1. The molecule has 28 heavy (non-hydrogen) atoms. The number of carbonyl (C=O) groups excluding carboxylic acids is 2. The molecular formula is C21H19ClN2O2S2. The monoisotopic (exact) mass is 430 g/mol. The molecule has 0 unspecified atom stereocenters. The molecule has 1 saturated heterocycles. The van der Waals surface area contributed by atoms with Crippen LogP contribution in [0.25, 0.3) is 6.08 Å². The molecule has 1 aliphatic rings. The first-order valence-corrected chi connectivity index (χ1v) is 10.4.